The van der Waals surface area contributed by atoms with Gasteiger partial charge in [-0.15, -0.1) is 11.3 Å². The van der Waals surface area contributed by atoms with Crippen molar-refractivity contribution >= 4 is 17.4 Å². The second-order valence-corrected chi connectivity index (χ2v) is 3.91. The molecule has 0 spiro atoms. The minimum atomic E-state index is -0.305. The highest BCUT2D eigenvalue weighted by atomic mass is 32.1. The van der Waals surface area contributed by atoms with Crippen LogP contribution in [0.4, 0.5) is 4.79 Å². The van der Waals surface area contributed by atoms with Crippen molar-refractivity contribution in [3.8, 4) is 0 Å². The Hall–Kier alpha value is -1.03. The van der Waals surface area contributed by atoms with Crippen molar-refractivity contribution in [2.45, 2.75) is 19.4 Å². The number of nitrogens with one attached hydrogen (secondary N) is 1. The first-order valence-corrected chi connectivity index (χ1v) is 5.18. The number of alkyl carbamates (subject to hydrolysis) is 1. The van der Waals surface area contributed by atoms with Gasteiger partial charge in [0.15, 0.2) is 0 Å². The fourth-order valence-corrected chi connectivity index (χ4v) is 2.51. The maximum absolute atomic E-state index is 10.8. The highest BCUT2D eigenvalue weighted by Crippen LogP contribution is 2.27. The number of hydrogen-bond donors (Lipinski definition) is 1. The molecular formula is C9H11NO2S. The molecule has 0 radical (unpaired) electrons. The van der Waals surface area contributed by atoms with Gasteiger partial charge in [0.2, 0.25) is 0 Å². The molecule has 1 aromatic rings. The summed E-state index contributed by atoms with van der Waals surface area (Å²) >= 11 is 1.68. The van der Waals surface area contributed by atoms with Crippen molar-refractivity contribution in [2.75, 3.05) is 6.61 Å². The lowest BCUT2D eigenvalue weighted by atomic mass is 10.1. The zero-order valence-electron chi connectivity index (χ0n) is 7.37. The molecule has 1 atom stereocenters. The largest absolute Gasteiger partial charge is 0.447 e. The quantitative estimate of drug-likeness (QED) is 0.788. The lowest BCUT2D eigenvalue weighted by molar-refractivity contribution is 0.177. The molecular weight excluding hydrogens is 186 g/mol. The van der Waals surface area contributed by atoms with Gasteiger partial charge in [0, 0.05) is 4.88 Å². The average molecular weight is 197 g/mol. The number of cyclic esters (lactones) is 1. The third kappa shape index (κ3) is 1.54. The van der Waals surface area contributed by atoms with Crippen LogP contribution in [0, 0.1) is 0 Å². The van der Waals surface area contributed by atoms with Gasteiger partial charge < -0.3 is 10.1 Å². The molecule has 3 nitrogen and oxygen atoms in total. The second kappa shape index (κ2) is 3.38. The van der Waals surface area contributed by atoms with Gasteiger partial charge in [-0.2, -0.15) is 0 Å². The molecule has 1 aliphatic heterocycles. The minimum absolute atomic E-state index is 0.0717. The van der Waals surface area contributed by atoms with Crippen LogP contribution in [0.2, 0.25) is 0 Å². The Morgan fingerprint density at radius 2 is 2.62 bits per heavy atom. The normalized spacial score (nSPS) is 21.3. The van der Waals surface area contributed by atoms with E-state index in [0.29, 0.717) is 6.61 Å². The highest BCUT2D eigenvalue weighted by Gasteiger charge is 2.26. The molecule has 1 aliphatic rings. The molecule has 1 N–H and O–H groups in total. The van der Waals surface area contributed by atoms with Crippen LogP contribution >= 0.6 is 11.3 Å². The first kappa shape index (κ1) is 8.56. The SMILES string of the molecule is CCc1ccsc1C1COC(=O)N1. The molecule has 2 rings (SSSR count). The van der Waals surface area contributed by atoms with Crippen LogP contribution in [0.25, 0.3) is 0 Å². The van der Waals surface area contributed by atoms with Crippen LogP contribution in [0.1, 0.15) is 23.4 Å². The van der Waals surface area contributed by atoms with Crippen LogP contribution in [-0.4, -0.2) is 12.7 Å². The van der Waals surface area contributed by atoms with Crippen LogP contribution in [0.15, 0.2) is 11.4 Å². The van der Waals surface area contributed by atoms with Crippen molar-refractivity contribution < 1.29 is 9.53 Å². The summed E-state index contributed by atoms with van der Waals surface area (Å²) in [5.41, 5.74) is 1.31. The van der Waals surface area contributed by atoms with E-state index in [1.807, 2.05) is 0 Å². The molecule has 13 heavy (non-hydrogen) atoms. The van der Waals surface area contributed by atoms with Crippen LogP contribution in [0.5, 0.6) is 0 Å². The van der Waals surface area contributed by atoms with Gasteiger partial charge in [-0.3, -0.25) is 0 Å². The Kier molecular flexibility index (Phi) is 2.22. The van der Waals surface area contributed by atoms with E-state index in [2.05, 4.69) is 23.7 Å². The third-order valence-corrected chi connectivity index (χ3v) is 3.22. The highest BCUT2D eigenvalue weighted by molar-refractivity contribution is 7.10. The summed E-state index contributed by atoms with van der Waals surface area (Å²) in [6.45, 7) is 2.58. The molecule has 0 saturated carbocycles. The van der Waals surface area contributed by atoms with Crippen molar-refractivity contribution in [3.63, 3.8) is 0 Å². The molecule has 1 aromatic heterocycles. The maximum Gasteiger partial charge on any atom is 0.407 e. The maximum atomic E-state index is 10.8. The van der Waals surface area contributed by atoms with Gasteiger partial charge in [0.05, 0.1) is 0 Å². The van der Waals surface area contributed by atoms with E-state index in [4.69, 9.17) is 4.74 Å². The number of amides is 1. The number of thiophene rings is 1. The van der Waals surface area contributed by atoms with Crippen LogP contribution < -0.4 is 5.32 Å². The number of carbonyl (C=O) groups is 1. The zero-order chi connectivity index (χ0) is 9.26. The molecule has 0 aromatic carbocycles. The standard InChI is InChI=1S/C9H11NO2S/c1-2-6-3-4-13-8(6)7-5-12-9(11)10-7/h3-4,7H,2,5H2,1H3,(H,10,11). The predicted molar refractivity (Wildman–Crippen MR) is 50.9 cm³/mol. The fourth-order valence-electron chi connectivity index (χ4n) is 1.47. The smallest absolute Gasteiger partial charge is 0.407 e. The van der Waals surface area contributed by atoms with E-state index in [1.165, 1.54) is 10.4 Å². The van der Waals surface area contributed by atoms with Crippen molar-refractivity contribution in [2.24, 2.45) is 0 Å². The first-order valence-electron chi connectivity index (χ1n) is 4.31. The van der Waals surface area contributed by atoms with Crippen LogP contribution in [-0.2, 0) is 11.2 Å². The number of ether oxygens (including phenoxy) is 1. The average Bonchev–Trinajstić information content (AvgIpc) is 2.71. The summed E-state index contributed by atoms with van der Waals surface area (Å²) in [7, 11) is 0. The van der Waals surface area contributed by atoms with E-state index in [1.54, 1.807) is 11.3 Å². The summed E-state index contributed by atoms with van der Waals surface area (Å²) < 4.78 is 4.85. The lowest BCUT2D eigenvalue weighted by Crippen LogP contribution is -2.18. The summed E-state index contributed by atoms with van der Waals surface area (Å²) in [4.78, 5) is 12.0. The Balaban J connectivity index is 2.20. The van der Waals surface area contributed by atoms with Crippen molar-refractivity contribution in [3.05, 3.63) is 21.9 Å². The topological polar surface area (TPSA) is 38.3 Å². The number of hydrogen-bond acceptors (Lipinski definition) is 3. The number of aryl methyl sites for hydroxylation is 1. The molecule has 4 heteroatoms. The molecule has 2 heterocycles. The third-order valence-electron chi connectivity index (χ3n) is 2.15. The van der Waals surface area contributed by atoms with E-state index < -0.39 is 0 Å². The molecule has 1 fully saturated rings. The van der Waals surface area contributed by atoms with Gasteiger partial charge in [0.1, 0.15) is 12.6 Å². The molecule has 0 aliphatic carbocycles. The first-order chi connectivity index (χ1) is 6.31. The molecule has 1 saturated heterocycles. The molecule has 0 bridgehead atoms. The summed E-state index contributed by atoms with van der Waals surface area (Å²) in [5.74, 6) is 0. The van der Waals surface area contributed by atoms with E-state index in [0.717, 1.165) is 6.42 Å². The van der Waals surface area contributed by atoms with E-state index in [9.17, 15) is 4.79 Å². The summed E-state index contributed by atoms with van der Waals surface area (Å²) in [5, 5.41) is 4.83. The lowest BCUT2D eigenvalue weighted by Gasteiger charge is -2.06. The molecule has 1 amide bonds. The summed E-state index contributed by atoms with van der Waals surface area (Å²) in [6.07, 6.45) is 0.700. The Morgan fingerprint density at radius 3 is 3.23 bits per heavy atom. The monoisotopic (exact) mass is 197 g/mol. The summed E-state index contributed by atoms with van der Waals surface area (Å²) in [6, 6.07) is 2.17. The fraction of sp³-hybridized carbons (Fsp3) is 0.444. The zero-order valence-corrected chi connectivity index (χ0v) is 8.19. The van der Waals surface area contributed by atoms with Crippen molar-refractivity contribution in [1.82, 2.24) is 5.32 Å². The Bertz CT molecular complexity index is 321. The Labute approximate surface area is 80.7 Å². The van der Waals surface area contributed by atoms with Gasteiger partial charge >= 0.3 is 6.09 Å². The van der Waals surface area contributed by atoms with Gasteiger partial charge in [-0.05, 0) is 23.4 Å². The van der Waals surface area contributed by atoms with Crippen molar-refractivity contribution in [1.29, 1.82) is 0 Å². The van der Waals surface area contributed by atoms with Gasteiger partial charge in [0.25, 0.3) is 0 Å². The second-order valence-electron chi connectivity index (χ2n) is 2.96. The molecule has 1 unspecified atom stereocenters. The number of carbonyl (C=O) groups excluding carboxylic acids is 1. The van der Waals surface area contributed by atoms with Gasteiger partial charge in [-0.25, -0.2) is 4.79 Å². The van der Waals surface area contributed by atoms with Gasteiger partial charge in [-0.1, -0.05) is 6.92 Å². The Morgan fingerprint density at radius 1 is 1.77 bits per heavy atom. The number of rotatable bonds is 2. The molecule has 70 valence electrons. The minimum Gasteiger partial charge on any atom is -0.447 e. The van der Waals surface area contributed by atoms with E-state index in [-0.39, 0.29) is 12.1 Å². The van der Waals surface area contributed by atoms with E-state index >= 15 is 0 Å². The predicted octanol–water partition coefficient (Wildman–Crippen LogP) is 2.09. The van der Waals surface area contributed by atoms with Crippen LogP contribution in [0.3, 0.4) is 0 Å².